The third-order valence-electron chi connectivity index (χ3n) is 3.00. The van der Waals surface area contributed by atoms with E-state index in [2.05, 4.69) is 0 Å². The summed E-state index contributed by atoms with van der Waals surface area (Å²) in [6, 6.07) is 6.74. The number of benzene rings is 1. The van der Waals surface area contributed by atoms with E-state index < -0.39 is 11.8 Å². The van der Waals surface area contributed by atoms with Crippen LogP contribution in [-0.2, 0) is 20.9 Å². The van der Waals surface area contributed by atoms with Crippen LogP contribution >= 0.6 is 11.6 Å². The van der Waals surface area contributed by atoms with Gasteiger partial charge in [-0.1, -0.05) is 24.3 Å². The summed E-state index contributed by atoms with van der Waals surface area (Å²) < 4.78 is 0. The zero-order valence-electron chi connectivity index (χ0n) is 9.64. The van der Waals surface area contributed by atoms with Crippen LogP contribution in [0.4, 0.5) is 0 Å². The van der Waals surface area contributed by atoms with E-state index in [0.29, 0.717) is 12.8 Å². The number of fused-ring (bicyclic) bond motifs is 1. The highest BCUT2D eigenvalue weighted by molar-refractivity contribution is 6.28. The topological polar surface area (TPSA) is 54.5 Å². The maximum atomic E-state index is 11.7. The van der Waals surface area contributed by atoms with E-state index >= 15 is 0 Å². The average molecular weight is 266 g/mol. The molecule has 4 nitrogen and oxygen atoms in total. The SMILES string of the molecule is O=CC(=O)C1c2ccccc2CN1CC(=O)CCl. The molecule has 0 spiro atoms. The van der Waals surface area contributed by atoms with Gasteiger partial charge in [-0.15, -0.1) is 11.6 Å². The molecule has 0 saturated carbocycles. The number of ketones is 2. The first-order valence-electron chi connectivity index (χ1n) is 5.56. The summed E-state index contributed by atoms with van der Waals surface area (Å²) in [5, 5.41) is 0. The molecule has 94 valence electrons. The molecule has 2 rings (SSSR count). The Morgan fingerprint density at radius 2 is 2.11 bits per heavy atom. The van der Waals surface area contributed by atoms with Crippen LogP contribution < -0.4 is 0 Å². The number of aldehydes is 1. The van der Waals surface area contributed by atoms with E-state index in [4.69, 9.17) is 11.6 Å². The summed E-state index contributed by atoms with van der Waals surface area (Å²) in [7, 11) is 0. The first kappa shape index (κ1) is 12.9. The molecular formula is C13H12ClNO3. The standard InChI is InChI=1S/C13H12ClNO3/c14-5-10(17)7-15-6-9-3-1-2-4-11(9)13(15)12(18)8-16/h1-4,8,13H,5-7H2. The van der Waals surface area contributed by atoms with Crippen molar-refractivity contribution in [2.75, 3.05) is 12.4 Å². The lowest BCUT2D eigenvalue weighted by molar-refractivity contribution is -0.134. The van der Waals surface area contributed by atoms with E-state index in [1.807, 2.05) is 24.3 Å². The number of alkyl halides is 1. The molecule has 1 atom stereocenters. The van der Waals surface area contributed by atoms with Crippen molar-refractivity contribution >= 4 is 29.5 Å². The van der Waals surface area contributed by atoms with Crippen molar-refractivity contribution in [1.29, 1.82) is 0 Å². The Balaban J connectivity index is 2.30. The number of halogens is 1. The third-order valence-corrected chi connectivity index (χ3v) is 3.30. The summed E-state index contributed by atoms with van der Waals surface area (Å²) in [5.41, 5.74) is 1.78. The molecule has 5 heteroatoms. The lowest BCUT2D eigenvalue weighted by Gasteiger charge is -2.20. The van der Waals surface area contributed by atoms with Crippen molar-refractivity contribution in [3.8, 4) is 0 Å². The molecule has 0 amide bonds. The van der Waals surface area contributed by atoms with Gasteiger partial charge < -0.3 is 0 Å². The second kappa shape index (κ2) is 5.42. The molecule has 0 saturated heterocycles. The molecule has 1 aliphatic heterocycles. The minimum Gasteiger partial charge on any atom is -0.297 e. The number of Topliss-reactive ketones (excluding diaryl/α,β-unsaturated/α-hetero) is 2. The fourth-order valence-corrected chi connectivity index (χ4v) is 2.35. The lowest BCUT2D eigenvalue weighted by Crippen LogP contribution is -2.33. The molecule has 0 aromatic heterocycles. The minimum absolute atomic E-state index is 0.0857. The Bertz CT molecular complexity index is 501. The Kier molecular flexibility index (Phi) is 3.89. The van der Waals surface area contributed by atoms with Gasteiger partial charge in [-0.3, -0.25) is 19.3 Å². The van der Waals surface area contributed by atoms with Gasteiger partial charge in [0.1, 0.15) is 6.04 Å². The van der Waals surface area contributed by atoms with E-state index in [9.17, 15) is 14.4 Å². The first-order chi connectivity index (χ1) is 8.67. The quantitative estimate of drug-likeness (QED) is 0.455. The summed E-state index contributed by atoms with van der Waals surface area (Å²) >= 11 is 5.47. The zero-order valence-corrected chi connectivity index (χ0v) is 10.4. The Morgan fingerprint density at radius 1 is 1.39 bits per heavy atom. The van der Waals surface area contributed by atoms with Gasteiger partial charge in [-0.25, -0.2) is 0 Å². The van der Waals surface area contributed by atoms with Gasteiger partial charge in [0.25, 0.3) is 0 Å². The molecule has 1 aliphatic rings. The van der Waals surface area contributed by atoms with Crippen molar-refractivity contribution in [3.63, 3.8) is 0 Å². The highest BCUT2D eigenvalue weighted by Gasteiger charge is 2.35. The zero-order chi connectivity index (χ0) is 13.1. The predicted molar refractivity (Wildman–Crippen MR) is 66.4 cm³/mol. The number of hydrogen-bond acceptors (Lipinski definition) is 4. The van der Waals surface area contributed by atoms with Crippen molar-refractivity contribution < 1.29 is 14.4 Å². The number of rotatable bonds is 5. The van der Waals surface area contributed by atoms with Crippen molar-refractivity contribution in [2.45, 2.75) is 12.6 Å². The van der Waals surface area contributed by atoms with Gasteiger partial charge in [0.2, 0.25) is 5.78 Å². The summed E-state index contributed by atoms with van der Waals surface area (Å²) in [6.07, 6.45) is 0.310. The van der Waals surface area contributed by atoms with Gasteiger partial charge in [-0.2, -0.15) is 0 Å². The van der Waals surface area contributed by atoms with Gasteiger partial charge in [0, 0.05) is 6.54 Å². The van der Waals surface area contributed by atoms with Gasteiger partial charge in [-0.05, 0) is 11.1 Å². The molecule has 0 radical (unpaired) electrons. The second-order valence-corrected chi connectivity index (χ2v) is 4.47. The Hall–Kier alpha value is -1.52. The first-order valence-corrected chi connectivity index (χ1v) is 6.09. The maximum absolute atomic E-state index is 11.7. The molecule has 1 unspecified atom stereocenters. The number of hydrogen-bond donors (Lipinski definition) is 0. The van der Waals surface area contributed by atoms with E-state index in [1.165, 1.54) is 0 Å². The van der Waals surface area contributed by atoms with Crippen LogP contribution in [0.15, 0.2) is 24.3 Å². The smallest absolute Gasteiger partial charge is 0.216 e. The van der Waals surface area contributed by atoms with Gasteiger partial charge >= 0.3 is 0 Å². The monoisotopic (exact) mass is 265 g/mol. The molecule has 0 fully saturated rings. The summed E-state index contributed by atoms with van der Waals surface area (Å²) in [6.45, 7) is 0.575. The Labute approximate surface area is 110 Å². The third kappa shape index (κ3) is 2.35. The fourth-order valence-electron chi connectivity index (χ4n) is 2.27. The minimum atomic E-state index is -0.647. The molecule has 0 aliphatic carbocycles. The van der Waals surface area contributed by atoms with Crippen LogP contribution in [0.1, 0.15) is 17.2 Å². The molecule has 1 aromatic rings. The van der Waals surface area contributed by atoms with Crippen molar-refractivity contribution in [3.05, 3.63) is 35.4 Å². The lowest BCUT2D eigenvalue weighted by atomic mass is 10.0. The fraction of sp³-hybridized carbons (Fsp3) is 0.308. The van der Waals surface area contributed by atoms with E-state index in [0.717, 1.165) is 11.1 Å². The molecular weight excluding hydrogens is 254 g/mol. The largest absolute Gasteiger partial charge is 0.297 e. The second-order valence-electron chi connectivity index (χ2n) is 4.20. The van der Waals surface area contributed by atoms with Crippen LogP contribution in [-0.4, -0.2) is 35.2 Å². The van der Waals surface area contributed by atoms with Gasteiger partial charge in [0.15, 0.2) is 12.1 Å². The van der Waals surface area contributed by atoms with Crippen molar-refractivity contribution in [2.24, 2.45) is 0 Å². The van der Waals surface area contributed by atoms with Crippen LogP contribution in [0.2, 0.25) is 0 Å². The van der Waals surface area contributed by atoms with E-state index in [1.54, 1.807) is 4.90 Å². The van der Waals surface area contributed by atoms with Crippen molar-refractivity contribution in [1.82, 2.24) is 4.90 Å². The van der Waals surface area contributed by atoms with Crippen LogP contribution in [0.5, 0.6) is 0 Å². The number of carbonyl (C=O) groups is 3. The highest BCUT2D eigenvalue weighted by atomic mass is 35.5. The normalized spacial score (nSPS) is 18.4. The molecule has 0 N–H and O–H groups in total. The highest BCUT2D eigenvalue weighted by Crippen LogP contribution is 2.33. The molecule has 0 bridgehead atoms. The number of carbonyl (C=O) groups excluding carboxylic acids is 3. The van der Waals surface area contributed by atoms with Crippen LogP contribution in [0, 0.1) is 0 Å². The molecule has 1 aromatic carbocycles. The maximum Gasteiger partial charge on any atom is 0.216 e. The van der Waals surface area contributed by atoms with Crippen LogP contribution in [0.25, 0.3) is 0 Å². The summed E-state index contributed by atoms with van der Waals surface area (Å²) in [4.78, 5) is 35.5. The molecule has 1 heterocycles. The van der Waals surface area contributed by atoms with Gasteiger partial charge in [0.05, 0.1) is 12.4 Å². The predicted octanol–water partition coefficient (Wildman–Crippen LogP) is 1.12. The Morgan fingerprint density at radius 3 is 2.78 bits per heavy atom. The average Bonchev–Trinajstić information content (AvgIpc) is 2.75. The number of nitrogens with zero attached hydrogens (tertiary/aromatic N) is 1. The van der Waals surface area contributed by atoms with E-state index in [-0.39, 0.29) is 18.2 Å². The summed E-state index contributed by atoms with van der Waals surface area (Å²) in [5.74, 6) is -0.773. The van der Waals surface area contributed by atoms with Crippen LogP contribution in [0.3, 0.4) is 0 Å². The molecule has 18 heavy (non-hydrogen) atoms.